The van der Waals surface area contributed by atoms with E-state index in [1.807, 2.05) is 18.2 Å². The third-order valence-corrected chi connectivity index (χ3v) is 2.63. The van der Waals surface area contributed by atoms with E-state index in [0.717, 1.165) is 5.39 Å². The molecule has 20 heavy (non-hydrogen) atoms. The minimum Gasteiger partial charge on any atom is -0.480 e. The maximum absolute atomic E-state index is 12.0. The van der Waals surface area contributed by atoms with E-state index < -0.39 is 5.97 Å². The van der Waals surface area contributed by atoms with Gasteiger partial charge in [-0.2, -0.15) is 0 Å². The van der Waals surface area contributed by atoms with Gasteiger partial charge >= 0.3 is 5.97 Å². The Bertz CT molecular complexity index is 622. The Morgan fingerprint density at radius 1 is 1.25 bits per heavy atom. The lowest BCUT2D eigenvalue weighted by molar-refractivity contribution is -0.142. The molecule has 0 bridgehead atoms. The van der Waals surface area contributed by atoms with Gasteiger partial charge in [0.2, 0.25) is 0 Å². The summed E-state index contributed by atoms with van der Waals surface area (Å²) in [6, 6.07) is 9.07. The predicted octanol–water partition coefficient (Wildman–Crippen LogP) is 1.07. The Hall–Kier alpha value is -2.47. The minimum absolute atomic E-state index is 0.149. The van der Waals surface area contributed by atoms with Crippen LogP contribution in [0.2, 0.25) is 0 Å². The summed E-state index contributed by atoms with van der Waals surface area (Å²) in [5.41, 5.74) is 1.13. The van der Waals surface area contributed by atoms with E-state index in [1.165, 1.54) is 0 Å². The summed E-state index contributed by atoms with van der Waals surface area (Å²) >= 11 is 0. The zero-order valence-corrected chi connectivity index (χ0v) is 10.7. The number of para-hydroxylation sites is 1. The van der Waals surface area contributed by atoms with E-state index in [1.54, 1.807) is 18.3 Å². The first kappa shape index (κ1) is 14.0. The molecule has 1 aromatic heterocycles. The summed E-state index contributed by atoms with van der Waals surface area (Å²) in [6.45, 7) is 0.0251. The van der Waals surface area contributed by atoms with Crippen LogP contribution >= 0.6 is 0 Å². The molecule has 0 saturated heterocycles. The van der Waals surface area contributed by atoms with Crippen LogP contribution in [0.15, 0.2) is 36.5 Å². The fourth-order valence-electron chi connectivity index (χ4n) is 1.78. The van der Waals surface area contributed by atoms with Crippen LogP contribution in [0.4, 0.5) is 0 Å². The quantitative estimate of drug-likeness (QED) is 0.769. The van der Waals surface area contributed by atoms with Gasteiger partial charge in [-0.05, 0) is 12.1 Å². The van der Waals surface area contributed by atoms with Crippen molar-refractivity contribution >= 4 is 22.8 Å². The van der Waals surface area contributed by atoms with Gasteiger partial charge < -0.3 is 15.2 Å². The molecule has 104 valence electrons. The molecule has 6 heteroatoms. The van der Waals surface area contributed by atoms with Crippen LogP contribution in [0, 0.1) is 0 Å². The minimum atomic E-state index is -1.03. The van der Waals surface area contributed by atoms with Crippen molar-refractivity contribution in [3.8, 4) is 0 Å². The first-order valence-electron chi connectivity index (χ1n) is 6.10. The van der Waals surface area contributed by atoms with Gasteiger partial charge in [-0.15, -0.1) is 0 Å². The number of hydrogen-bond donors (Lipinski definition) is 2. The molecule has 0 fully saturated rings. The number of benzene rings is 1. The maximum Gasteiger partial charge on any atom is 0.329 e. The van der Waals surface area contributed by atoms with Crippen molar-refractivity contribution in [2.75, 3.05) is 19.8 Å². The molecule has 0 aliphatic carbocycles. The number of carboxylic acid groups (broad SMARTS) is 1. The zero-order valence-electron chi connectivity index (χ0n) is 10.7. The average Bonchev–Trinajstić information content (AvgIpc) is 2.45. The highest BCUT2D eigenvalue weighted by Gasteiger charge is 2.09. The van der Waals surface area contributed by atoms with Crippen molar-refractivity contribution in [3.63, 3.8) is 0 Å². The lowest BCUT2D eigenvalue weighted by Gasteiger charge is -2.07. The summed E-state index contributed by atoms with van der Waals surface area (Å²) in [5.74, 6) is -1.29. The van der Waals surface area contributed by atoms with E-state index in [2.05, 4.69) is 10.3 Å². The number of carboxylic acids is 1. The number of carbonyl (C=O) groups excluding carboxylic acids is 1. The summed E-state index contributed by atoms with van der Waals surface area (Å²) in [5, 5.41) is 12.0. The number of amides is 1. The first-order valence-corrected chi connectivity index (χ1v) is 6.10. The van der Waals surface area contributed by atoms with Crippen LogP contribution in [-0.4, -0.2) is 41.7 Å². The number of aromatic nitrogens is 1. The monoisotopic (exact) mass is 274 g/mol. The lowest BCUT2D eigenvalue weighted by atomic mass is 10.1. The van der Waals surface area contributed by atoms with Crippen molar-refractivity contribution in [1.29, 1.82) is 0 Å². The Morgan fingerprint density at radius 2 is 2.05 bits per heavy atom. The molecular weight excluding hydrogens is 260 g/mol. The van der Waals surface area contributed by atoms with E-state index >= 15 is 0 Å². The summed E-state index contributed by atoms with van der Waals surface area (Å²) in [4.78, 5) is 26.5. The SMILES string of the molecule is O=C(O)COCCNC(=O)c1cccc2cccnc12. The number of fused-ring (bicyclic) bond motifs is 1. The van der Waals surface area contributed by atoms with Crippen LogP contribution in [0.5, 0.6) is 0 Å². The standard InChI is InChI=1S/C14H14N2O4/c17-12(18)9-20-8-7-16-14(19)11-5-1-3-10-4-2-6-15-13(10)11/h1-6H,7-9H2,(H,16,19)(H,17,18). The number of ether oxygens (including phenoxy) is 1. The van der Waals surface area contributed by atoms with Crippen LogP contribution in [0.3, 0.4) is 0 Å². The molecule has 2 rings (SSSR count). The van der Waals surface area contributed by atoms with Crippen LogP contribution in [0.25, 0.3) is 10.9 Å². The highest BCUT2D eigenvalue weighted by atomic mass is 16.5. The molecule has 0 spiro atoms. The van der Waals surface area contributed by atoms with Crippen molar-refractivity contribution in [1.82, 2.24) is 10.3 Å². The molecule has 1 aromatic carbocycles. The molecule has 0 aliphatic heterocycles. The summed E-state index contributed by atoms with van der Waals surface area (Å²) < 4.78 is 4.84. The van der Waals surface area contributed by atoms with Gasteiger partial charge in [0.25, 0.3) is 5.91 Å². The molecule has 2 N–H and O–H groups in total. The number of aliphatic carboxylic acids is 1. The lowest BCUT2D eigenvalue weighted by Crippen LogP contribution is -2.28. The Kier molecular flexibility index (Phi) is 4.62. The van der Waals surface area contributed by atoms with E-state index in [-0.39, 0.29) is 25.7 Å². The topological polar surface area (TPSA) is 88.5 Å². The molecular formula is C14H14N2O4. The van der Waals surface area contributed by atoms with Gasteiger partial charge in [-0.3, -0.25) is 9.78 Å². The third kappa shape index (κ3) is 3.52. The van der Waals surface area contributed by atoms with Gasteiger partial charge in [-0.25, -0.2) is 4.79 Å². The molecule has 0 atom stereocenters. The largest absolute Gasteiger partial charge is 0.480 e. The summed E-state index contributed by atoms with van der Waals surface area (Å²) in [6.07, 6.45) is 1.63. The van der Waals surface area contributed by atoms with Gasteiger partial charge in [0.1, 0.15) is 6.61 Å². The van der Waals surface area contributed by atoms with Crippen molar-refractivity contribution < 1.29 is 19.4 Å². The number of hydrogen-bond acceptors (Lipinski definition) is 4. The normalized spacial score (nSPS) is 10.4. The van der Waals surface area contributed by atoms with Crippen LogP contribution in [0.1, 0.15) is 10.4 Å². The summed E-state index contributed by atoms with van der Waals surface area (Å²) in [7, 11) is 0. The molecule has 1 amide bonds. The molecule has 2 aromatic rings. The third-order valence-electron chi connectivity index (χ3n) is 2.63. The molecule has 0 unspecified atom stereocenters. The smallest absolute Gasteiger partial charge is 0.329 e. The zero-order chi connectivity index (χ0) is 14.4. The highest BCUT2D eigenvalue weighted by Crippen LogP contribution is 2.15. The second-order valence-electron chi connectivity index (χ2n) is 4.08. The fourth-order valence-corrected chi connectivity index (χ4v) is 1.78. The first-order chi connectivity index (χ1) is 9.68. The highest BCUT2D eigenvalue weighted by molar-refractivity contribution is 6.05. The van der Waals surface area contributed by atoms with Crippen molar-refractivity contribution in [2.24, 2.45) is 0 Å². The molecule has 0 saturated carbocycles. The molecule has 0 aliphatic rings. The maximum atomic E-state index is 12.0. The number of rotatable bonds is 6. The van der Waals surface area contributed by atoms with E-state index in [9.17, 15) is 9.59 Å². The Morgan fingerprint density at radius 3 is 2.85 bits per heavy atom. The van der Waals surface area contributed by atoms with Crippen molar-refractivity contribution in [2.45, 2.75) is 0 Å². The average molecular weight is 274 g/mol. The number of nitrogens with zero attached hydrogens (tertiary/aromatic N) is 1. The second-order valence-corrected chi connectivity index (χ2v) is 4.08. The van der Waals surface area contributed by atoms with E-state index in [4.69, 9.17) is 9.84 Å². The number of nitrogens with one attached hydrogen (secondary N) is 1. The Balaban J connectivity index is 1.96. The fraction of sp³-hybridized carbons (Fsp3) is 0.214. The molecule has 0 radical (unpaired) electrons. The van der Waals surface area contributed by atoms with Gasteiger partial charge in [0, 0.05) is 18.1 Å². The number of pyridine rings is 1. The number of carbonyl (C=O) groups is 2. The van der Waals surface area contributed by atoms with Gasteiger partial charge in [-0.1, -0.05) is 18.2 Å². The van der Waals surface area contributed by atoms with Gasteiger partial charge in [0.05, 0.1) is 17.7 Å². The predicted molar refractivity (Wildman–Crippen MR) is 72.5 cm³/mol. The van der Waals surface area contributed by atoms with Gasteiger partial charge in [0.15, 0.2) is 0 Å². The molecule has 6 nitrogen and oxygen atoms in total. The molecule has 1 heterocycles. The van der Waals surface area contributed by atoms with Crippen LogP contribution in [-0.2, 0) is 9.53 Å². The Labute approximate surface area is 115 Å². The van der Waals surface area contributed by atoms with Crippen LogP contribution < -0.4 is 5.32 Å². The second kappa shape index (κ2) is 6.63. The van der Waals surface area contributed by atoms with Crippen molar-refractivity contribution in [3.05, 3.63) is 42.1 Å². The van der Waals surface area contributed by atoms with E-state index in [0.29, 0.717) is 11.1 Å².